The minimum absolute atomic E-state index is 0. The van der Waals surface area contributed by atoms with Gasteiger partial charge in [0.05, 0.1) is 11.9 Å². The van der Waals surface area contributed by atoms with Crippen molar-refractivity contribution in [2.75, 3.05) is 0 Å². The zero-order valence-corrected chi connectivity index (χ0v) is 24.4. The van der Waals surface area contributed by atoms with Crippen molar-refractivity contribution < 1.29 is 19.8 Å². The number of hydrogen-bond donors (Lipinski definition) is 0. The van der Waals surface area contributed by atoms with Crippen molar-refractivity contribution in [2.24, 2.45) is 5.41 Å². The Kier molecular flexibility index (Phi) is 24.7. The van der Waals surface area contributed by atoms with Crippen LogP contribution in [0.4, 0.5) is 0 Å². The van der Waals surface area contributed by atoms with Crippen LogP contribution in [0.5, 0.6) is 0 Å². The first kappa shape index (κ1) is 32.7. The monoisotopic (exact) mass is 548 g/mol. The summed E-state index contributed by atoms with van der Waals surface area (Å²) >= 11 is 0. The summed E-state index contributed by atoms with van der Waals surface area (Å²) in [7, 11) is 0. The van der Waals surface area contributed by atoms with Crippen LogP contribution in [-0.4, -0.2) is 60.8 Å². The second-order valence-electron chi connectivity index (χ2n) is 8.81. The van der Waals surface area contributed by atoms with Crippen LogP contribution in [-0.2, 0) is 9.59 Å². The number of rotatable bonds is 22. The molecule has 0 radical (unpaired) electrons. The molecule has 0 unspecified atom stereocenters. The molecule has 0 aliphatic carbocycles. The van der Waals surface area contributed by atoms with Crippen molar-refractivity contribution in [1.29, 1.82) is 0 Å². The summed E-state index contributed by atoms with van der Waals surface area (Å²) in [4.78, 5) is 23.3. The first-order valence-corrected chi connectivity index (χ1v) is 12.4. The SMILES string of the molecule is CCCCCCCCCCCCC(CCCCCCCCCC)(C(=O)[O-])C(=O)[O-].[Ba+2]. The van der Waals surface area contributed by atoms with Crippen LogP contribution < -0.4 is 10.2 Å². The molecule has 0 heterocycles. The van der Waals surface area contributed by atoms with E-state index in [2.05, 4.69) is 13.8 Å². The average Bonchev–Trinajstić information content (AvgIpc) is 2.69. The van der Waals surface area contributed by atoms with Crippen molar-refractivity contribution in [2.45, 2.75) is 142 Å². The molecular weight excluding hydrogens is 502 g/mol. The molecule has 0 N–H and O–H groups in total. The van der Waals surface area contributed by atoms with Crippen LogP contribution in [0.15, 0.2) is 0 Å². The molecule has 0 aromatic carbocycles. The van der Waals surface area contributed by atoms with Crippen molar-refractivity contribution in [3.63, 3.8) is 0 Å². The van der Waals surface area contributed by atoms with Gasteiger partial charge in [-0.2, -0.15) is 0 Å². The van der Waals surface area contributed by atoms with Gasteiger partial charge in [0.2, 0.25) is 0 Å². The van der Waals surface area contributed by atoms with Gasteiger partial charge in [-0.15, -0.1) is 0 Å². The molecule has 5 heteroatoms. The number of aliphatic carboxylic acids is 2. The average molecular weight is 548 g/mol. The molecule has 0 rings (SSSR count). The third kappa shape index (κ3) is 16.2. The molecule has 0 saturated heterocycles. The van der Waals surface area contributed by atoms with E-state index in [0.717, 1.165) is 38.5 Å². The Morgan fingerprint density at radius 3 is 0.967 bits per heavy atom. The standard InChI is InChI=1S/C25H48O4.Ba/c1-3-5-7-9-11-13-14-16-18-20-22-25(23(26)27,24(28)29)21-19-17-15-12-10-8-6-4-2;/h3-22H2,1-2H3,(H,26,27)(H,28,29);/q;+2/p-2. The number of carboxylic acids is 2. The van der Waals surface area contributed by atoms with Gasteiger partial charge in [0.25, 0.3) is 0 Å². The van der Waals surface area contributed by atoms with Gasteiger partial charge in [0.15, 0.2) is 0 Å². The maximum Gasteiger partial charge on any atom is 2.00 e. The van der Waals surface area contributed by atoms with Crippen molar-refractivity contribution in [1.82, 2.24) is 0 Å². The molecule has 0 aromatic heterocycles. The van der Waals surface area contributed by atoms with Crippen molar-refractivity contribution in [3.8, 4) is 0 Å². The third-order valence-electron chi connectivity index (χ3n) is 6.20. The molecule has 0 saturated carbocycles. The third-order valence-corrected chi connectivity index (χ3v) is 6.20. The van der Waals surface area contributed by atoms with E-state index in [1.54, 1.807) is 0 Å². The van der Waals surface area contributed by atoms with E-state index in [0.29, 0.717) is 12.8 Å². The zero-order valence-electron chi connectivity index (χ0n) is 20.0. The van der Waals surface area contributed by atoms with Crippen molar-refractivity contribution in [3.05, 3.63) is 0 Å². The van der Waals surface area contributed by atoms with Gasteiger partial charge >= 0.3 is 48.9 Å². The van der Waals surface area contributed by atoms with Crippen molar-refractivity contribution >= 4 is 60.8 Å². The van der Waals surface area contributed by atoms with Gasteiger partial charge in [0, 0.05) is 5.41 Å². The fourth-order valence-corrected chi connectivity index (χ4v) is 4.09. The Bertz CT molecular complexity index is 398. The van der Waals surface area contributed by atoms with Gasteiger partial charge in [-0.1, -0.05) is 129 Å². The topological polar surface area (TPSA) is 80.3 Å². The fraction of sp³-hybridized carbons (Fsp3) is 0.920. The zero-order chi connectivity index (χ0) is 21.8. The molecule has 0 aliphatic rings. The normalized spacial score (nSPS) is 11.3. The second-order valence-corrected chi connectivity index (χ2v) is 8.81. The first-order chi connectivity index (χ1) is 14.0. The molecule has 0 atom stereocenters. The minimum atomic E-state index is -1.80. The summed E-state index contributed by atoms with van der Waals surface area (Å²) in [5.74, 6) is -2.92. The van der Waals surface area contributed by atoms with E-state index < -0.39 is 17.4 Å². The van der Waals surface area contributed by atoms with Crippen LogP contribution in [0.25, 0.3) is 0 Å². The summed E-state index contributed by atoms with van der Waals surface area (Å²) in [6.07, 6.45) is 20.3. The largest absolute Gasteiger partial charge is 2.00 e. The molecule has 172 valence electrons. The van der Waals surface area contributed by atoms with Gasteiger partial charge in [0.1, 0.15) is 0 Å². The molecular formula is C25H46BaO4. The number of carbonyl (C=O) groups is 2. The number of carboxylic acid groups (broad SMARTS) is 2. The van der Waals surface area contributed by atoms with Crippen LogP contribution in [0.3, 0.4) is 0 Å². The predicted molar refractivity (Wildman–Crippen MR) is 122 cm³/mol. The first-order valence-electron chi connectivity index (χ1n) is 12.4. The summed E-state index contributed by atoms with van der Waals surface area (Å²) in [6, 6.07) is 0. The summed E-state index contributed by atoms with van der Waals surface area (Å²) < 4.78 is 0. The van der Waals surface area contributed by atoms with E-state index >= 15 is 0 Å². The molecule has 0 aromatic rings. The number of unbranched alkanes of at least 4 members (excludes halogenated alkanes) is 16. The van der Waals surface area contributed by atoms with Crippen LogP contribution in [0.1, 0.15) is 142 Å². The Morgan fingerprint density at radius 2 is 0.733 bits per heavy atom. The Balaban J connectivity index is 0. The predicted octanol–water partition coefficient (Wildman–Crippen LogP) is 4.93. The minimum Gasteiger partial charge on any atom is -0.549 e. The van der Waals surface area contributed by atoms with E-state index in [4.69, 9.17) is 0 Å². The smallest absolute Gasteiger partial charge is 0.549 e. The van der Waals surface area contributed by atoms with Crippen LogP contribution >= 0.6 is 0 Å². The molecule has 0 fully saturated rings. The van der Waals surface area contributed by atoms with Gasteiger partial charge < -0.3 is 19.8 Å². The Labute approximate surface area is 226 Å². The van der Waals surface area contributed by atoms with Gasteiger partial charge in [-0.05, 0) is 12.8 Å². The van der Waals surface area contributed by atoms with E-state index in [9.17, 15) is 19.8 Å². The summed E-state index contributed by atoms with van der Waals surface area (Å²) in [6.45, 7) is 4.40. The quantitative estimate of drug-likeness (QED) is 0.109. The number of hydrogen-bond acceptors (Lipinski definition) is 4. The van der Waals surface area contributed by atoms with E-state index in [-0.39, 0.29) is 61.7 Å². The van der Waals surface area contributed by atoms with E-state index in [1.807, 2.05) is 0 Å². The van der Waals surface area contributed by atoms with Crippen LogP contribution in [0, 0.1) is 5.41 Å². The molecule has 0 aliphatic heterocycles. The fourth-order valence-electron chi connectivity index (χ4n) is 4.09. The molecule has 4 nitrogen and oxygen atoms in total. The van der Waals surface area contributed by atoms with Gasteiger partial charge in [-0.25, -0.2) is 0 Å². The van der Waals surface area contributed by atoms with E-state index in [1.165, 1.54) is 64.2 Å². The molecule has 0 amide bonds. The maximum atomic E-state index is 11.7. The Morgan fingerprint density at radius 1 is 0.500 bits per heavy atom. The molecule has 30 heavy (non-hydrogen) atoms. The summed E-state index contributed by atoms with van der Waals surface area (Å²) in [5, 5.41) is 23.3. The van der Waals surface area contributed by atoms with Gasteiger partial charge in [-0.3, -0.25) is 0 Å². The van der Waals surface area contributed by atoms with Crippen LogP contribution in [0.2, 0.25) is 0 Å². The maximum absolute atomic E-state index is 11.7. The Hall–Kier alpha value is 0.511. The molecule has 0 bridgehead atoms. The second kappa shape index (κ2) is 22.7. The summed E-state index contributed by atoms with van der Waals surface area (Å²) in [5.41, 5.74) is -1.80. The number of carbonyl (C=O) groups excluding carboxylic acids is 2. The molecule has 0 spiro atoms.